The van der Waals surface area contributed by atoms with Crippen molar-refractivity contribution < 1.29 is 61.4 Å². The van der Waals surface area contributed by atoms with Gasteiger partial charge in [0.1, 0.15) is 0 Å². The minimum absolute atomic E-state index is 0.0485. The zero-order valence-electron chi connectivity index (χ0n) is 16.1. The number of anilines is 3. The minimum atomic E-state index is -0.890. The molecule has 11 heteroatoms. The molecule has 0 saturated heterocycles. The first-order valence-corrected chi connectivity index (χ1v) is 13.7. The van der Waals surface area contributed by atoms with Crippen LogP contribution in [0.2, 0.25) is 0 Å². The molecule has 0 radical (unpaired) electrons. The number of amides is 1. The number of ether oxygens (including phenoxy) is 1. The van der Waals surface area contributed by atoms with E-state index in [-0.39, 0.29) is 17.4 Å². The van der Waals surface area contributed by atoms with Gasteiger partial charge in [0.25, 0.3) is 0 Å². The number of aromatic amines is 1. The van der Waals surface area contributed by atoms with E-state index in [1.807, 2.05) is 6.07 Å². The Hall–Kier alpha value is -2.42. The van der Waals surface area contributed by atoms with Gasteiger partial charge in [-0.1, -0.05) is 0 Å². The summed E-state index contributed by atoms with van der Waals surface area (Å²) < 4.78 is 23.0. The second-order valence-electron chi connectivity index (χ2n) is 6.73. The van der Waals surface area contributed by atoms with Crippen LogP contribution in [0.3, 0.4) is 0 Å². The molecular formula is C20H16FI2N5O3-2. The van der Waals surface area contributed by atoms with Crippen molar-refractivity contribution in [2.45, 2.75) is 3.92 Å². The van der Waals surface area contributed by atoms with Gasteiger partial charge in [-0.15, -0.1) is 0 Å². The molecule has 8 nitrogen and oxygen atoms in total. The molecule has 1 unspecified atom stereocenters. The van der Waals surface area contributed by atoms with Crippen LogP contribution in [-0.2, 0) is 0 Å². The molecule has 5 rings (SSSR count). The zero-order chi connectivity index (χ0) is 21.5. The Morgan fingerprint density at radius 2 is 2.16 bits per heavy atom. The SMILES string of the molecule is COc1c(F)cccc1Nc1c2[nH]c3c1C(=O)NCC3[I-]C(=O)[I-]Nc1cnccc1-2. The van der Waals surface area contributed by atoms with Gasteiger partial charge in [0, 0.05) is 0 Å². The first kappa shape index (κ1) is 20.5. The molecule has 162 valence electrons. The van der Waals surface area contributed by atoms with Crippen LogP contribution >= 0.6 is 0 Å². The average molecular weight is 647 g/mol. The number of nitrogens with one attached hydrogen (secondary N) is 4. The van der Waals surface area contributed by atoms with Crippen LogP contribution in [0.15, 0.2) is 36.7 Å². The van der Waals surface area contributed by atoms with Crippen molar-refractivity contribution in [2.75, 3.05) is 22.5 Å². The molecule has 3 aromatic rings. The summed E-state index contributed by atoms with van der Waals surface area (Å²) in [6.45, 7) is 0.431. The molecule has 31 heavy (non-hydrogen) atoms. The number of hydrogen-bond acceptors (Lipinski definition) is 6. The van der Waals surface area contributed by atoms with Gasteiger partial charge in [0.05, 0.1) is 0 Å². The molecule has 2 bridgehead atoms. The van der Waals surface area contributed by atoms with Gasteiger partial charge in [-0.25, -0.2) is 0 Å². The Morgan fingerprint density at radius 1 is 1.29 bits per heavy atom. The molecule has 4 heterocycles. The van der Waals surface area contributed by atoms with Crippen LogP contribution in [0.1, 0.15) is 20.0 Å². The van der Waals surface area contributed by atoms with Crippen LogP contribution in [0.4, 0.5) is 26.2 Å². The number of methoxy groups -OCH3 is 1. The summed E-state index contributed by atoms with van der Waals surface area (Å²) in [5.74, 6) is -0.686. The van der Waals surface area contributed by atoms with Crippen molar-refractivity contribution in [3.8, 4) is 17.0 Å². The van der Waals surface area contributed by atoms with Crippen molar-refractivity contribution >= 4 is 24.8 Å². The van der Waals surface area contributed by atoms with Crippen LogP contribution in [0, 0.1) is 5.82 Å². The summed E-state index contributed by atoms with van der Waals surface area (Å²) in [7, 11) is 1.40. The second-order valence-corrected chi connectivity index (χ2v) is 14.0. The van der Waals surface area contributed by atoms with Gasteiger partial charge >= 0.3 is 199 Å². The summed E-state index contributed by atoms with van der Waals surface area (Å²) in [6, 6.07) is 6.40. The monoisotopic (exact) mass is 647 g/mol. The van der Waals surface area contributed by atoms with Crippen molar-refractivity contribution in [3.05, 3.63) is 53.7 Å². The van der Waals surface area contributed by atoms with Gasteiger partial charge in [-0.2, -0.15) is 0 Å². The van der Waals surface area contributed by atoms with Crippen molar-refractivity contribution in [1.29, 1.82) is 0 Å². The average Bonchev–Trinajstić information content (AvgIpc) is 3.14. The number of fused-ring (bicyclic) bond motifs is 3. The van der Waals surface area contributed by atoms with Crippen molar-refractivity contribution in [2.24, 2.45) is 0 Å². The fourth-order valence-corrected chi connectivity index (χ4v) is 9.87. The summed E-state index contributed by atoms with van der Waals surface area (Å²) in [6.07, 6.45) is 3.33. The standard InChI is InChI=1S/C20H16FI2N5O3/c1-31-18-10(21)3-2-4-12(18)26-17-14-16-11(7-25-19(14)29)22-20(30)23-28-13-8-24-6-5-9(13)15(17)27-16/h2-6,8,11,26-28H,7H2,1H3,(H,25,29)/q-2. The predicted octanol–water partition coefficient (Wildman–Crippen LogP) is -2.61. The number of aromatic nitrogens is 2. The molecule has 2 aromatic heterocycles. The number of carbonyl (C=O) groups is 2. The first-order chi connectivity index (χ1) is 15.1. The fourth-order valence-electron chi connectivity index (χ4n) is 3.63. The number of nitrogens with zero attached hydrogens (tertiary/aromatic N) is 1. The third-order valence-electron chi connectivity index (χ3n) is 4.97. The molecule has 0 saturated carbocycles. The fraction of sp³-hybridized carbons (Fsp3) is 0.150. The number of carbonyl (C=O) groups excluding carboxylic acids is 2. The Bertz CT molecular complexity index is 1220. The molecule has 1 aromatic carbocycles. The maximum absolute atomic E-state index is 14.3. The van der Waals surface area contributed by atoms with E-state index in [0.717, 1.165) is 16.9 Å². The van der Waals surface area contributed by atoms with Gasteiger partial charge < -0.3 is 0 Å². The van der Waals surface area contributed by atoms with Crippen molar-refractivity contribution in [3.63, 3.8) is 0 Å². The molecule has 0 fully saturated rings. The molecule has 1 amide bonds. The van der Waals surface area contributed by atoms with Gasteiger partial charge in [0.2, 0.25) is 0 Å². The van der Waals surface area contributed by atoms with E-state index in [2.05, 4.69) is 24.1 Å². The Balaban J connectivity index is 1.76. The van der Waals surface area contributed by atoms with E-state index in [9.17, 15) is 14.0 Å². The molecule has 4 N–H and O–H groups in total. The van der Waals surface area contributed by atoms with E-state index < -0.39 is 48.5 Å². The number of rotatable bonds is 3. The van der Waals surface area contributed by atoms with Crippen LogP contribution in [-0.4, -0.2) is 31.3 Å². The number of halogens is 3. The number of pyridine rings is 1. The molecule has 2 aliphatic heterocycles. The second kappa shape index (κ2) is 8.26. The summed E-state index contributed by atoms with van der Waals surface area (Å²) >= 11 is -1.73. The Kier molecular flexibility index (Phi) is 5.45. The molecule has 0 spiro atoms. The van der Waals surface area contributed by atoms with Gasteiger partial charge in [0.15, 0.2) is 0 Å². The van der Waals surface area contributed by atoms with Crippen molar-refractivity contribution in [1.82, 2.24) is 15.3 Å². The number of hydrogen-bond donors (Lipinski definition) is 4. The van der Waals surface area contributed by atoms with E-state index in [4.69, 9.17) is 4.74 Å². The maximum atomic E-state index is 14.3. The van der Waals surface area contributed by atoms with Crippen LogP contribution < -0.4 is 61.6 Å². The number of benzene rings is 1. The summed E-state index contributed by atoms with van der Waals surface area (Å²) in [5, 5.41) is 6.14. The Morgan fingerprint density at radius 3 is 3.00 bits per heavy atom. The topological polar surface area (TPSA) is 108 Å². The number of H-pyrrole nitrogens is 1. The third-order valence-corrected chi connectivity index (χ3v) is 11.5. The third kappa shape index (κ3) is 3.62. The normalized spacial score (nSPS) is 17.8. The van der Waals surface area contributed by atoms with Gasteiger partial charge in [-0.05, 0) is 0 Å². The molecule has 1 atom stereocenters. The molecule has 2 aliphatic rings. The van der Waals surface area contributed by atoms with E-state index in [1.165, 1.54) is 13.2 Å². The van der Waals surface area contributed by atoms with Crippen LogP contribution in [0.25, 0.3) is 11.3 Å². The molecule has 0 aliphatic carbocycles. The number of alkyl halides is 1. The quantitative estimate of drug-likeness (QED) is 0.108. The van der Waals surface area contributed by atoms with E-state index in [0.29, 0.717) is 29.2 Å². The van der Waals surface area contributed by atoms with E-state index in [1.54, 1.807) is 24.5 Å². The summed E-state index contributed by atoms with van der Waals surface area (Å²) in [4.78, 5) is 33.1. The predicted molar refractivity (Wildman–Crippen MR) is 104 cm³/mol. The van der Waals surface area contributed by atoms with Gasteiger partial charge in [-0.3, -0.25) is 0 Å². The van der Waals surface area contributed by atoms with Crippen LogP contribution in [0.5, 0.6) is 5.75 Å². The number of para-hydroxylation sites is 1. The first-order valence-electron chi connectivity index (χ1n) is 9.22. The molecular weight excluding hydrogens is 631 g/mol. The zero-order valence-corrected chi connectivity index (χ0v) is 20.4. The summed E-state index contributed by atoms with van der Waals surface area (Å²) in [5.41, 5.74) is 4.31. The van der Waals surface area contributed by atoms with E-state index >= 15 is 0 Å². The Labute approximate surface area is 197 Å².